The minimum Gasteiger partial charge on any atom is -0.504 e. The number of ether oxygens (including phenoxy) is 2. The molecule has 3 N–H and O–H groups in total. The van der Waals surface area contributed by atoms with Gasteiger partial charge < -0.3 is 19.9 Å². The number of fused-ring (bicyclic) bond motifs is 1. The maximum atomic E-state index is 12.5. The molecule has 0 aromatic heterocycles. The van der Waals surface area contributed by atoms with Crippen molar-refractivity contribution in [2.24, 2.45) is 0 Å². The van der Waals surface area contributed by atoms with Gasteiger partial charge in [-0.25, -0.2) is 0 Å². The van der Waals surface area contributed by atoms with Gasteiger partial charge in [0, 0.05) is 0 Å². The number of benzene rings is 2. The zero-order chi connectivity index (χ0) is 18.1. The van der Waals surface area contributed by atoms with Crippen molar-refractivity contribution >= 4 is 23.4 Å². The summed E-state index contributed by atoms with van der Waals surface area (Å²) in [6.07, 6.45) is 0. The van der Waals surface area contributed by atoms with E-state index < -0.39 is 23.5 Å². The molecule has 0 radical (unpaired) electrons. The molecule has 0 atom stereocenters. The van der Waals surface area contributed by atoms with Crippen LogP contribution in [-0.2, 0) is 0 Å². The third kappa shape index (κ3) is 2.63. The third-order valence-electron chi connectivity index (χ3n) is 3.78. The van der Waals surface area contributed by atoms with Crippen LogP contribution in [0.1, 0.15) is 31.1 Å². The van der Waals surface area contributed by atoms with Gasteiger partial charge in [-0.2, -0.15) is 0 Å². The Hall–Kier alpha value is -3.55. The molecule has 128 valence electrons. The number of phenolic OH excluding ortho intramolecular Hbond substituents is 1. The highest BCUT2D eigenvalue weighted by molar-refractivity contribution is 6.25. The number of phenols is 1. The lowest BCUT2D eigenvalue weighted by Crippen LogP contribution is -2.21. The lowest BCUT2D eigenvalue weighted by Gasteiger charge is -2.13. The van der Waals surface area contributed by atoms with E-state index in [1.54, 1.807) is 6.07 Å². The average molecular weight is 342 g/mol. The number of hydrogen-bond acceptors (Lipinski definition) is 6. The van der Waals surface area contributed by atoms with Crippen LogP contribution in [0.25, 0.3) is 0 Å². The fraction of sp³-hybridized carbons (Fsp3) is 0.118. The number of rotatable bonds is 4. The minimum absolute atomic E-state index is 0.0151. The van der Waals surface area contributed by atoms with E-state index in [0.29, 0.717) is 0 Å². The van der Waals surface area contributed by atoms with Gasteiger partial charge in [-0.05, 0) is 24.3 Å². The fourth-order valence-corrected chi connectivity index (χ4v) is 2.61. The molecule has 0 unspecified atom stereocenters. The molecule has 0 spiro atoms. The van der Waals surface area contributed by atoms with Crippen molar-refractivity contribution in [2.45, 2.75) is 0 Å². The van der Waals surface area contributed by atoms with Crippen LogP contribution in [0.3, 0.4) is 0 Å². The van der Waals surface area contributed by atoms with Gasteiger partial charge in [-0.3, -0.25) is 19.7 Å². The molecule has 3 amide bonds. The van der Waals surface area contributed by atoms with Crippen LogP contribution in [0.2, 0.25) is 0 Å². The van der Waals surface area contributed by atoms with Gasteiger partial charge in [-0.1, -0.05) is 6.07 Å². The molecule has 0 saturated heterocycles. The Bertz CT molecular complexity index is 906. The number of carbonyl (C=O) groups excluding carboxylic acids is 3. The first-order chi connectivity index (χ1) is 12.0. The molecule has 8 nitrogen and oxygen atoms in total. The first-order valence-electron chi connectivity index (χ1n) is 7.22. The summed E-state index contributed by atoms with van der Waals surface area (Å²) in [6.45, 7) is 0. The molecule has 0 fully saturated rings. The molecule has 1 aliphatic rings. The van der Waals surface area contributed by atoms with Crippen molar-refractivity contribution in [1.82, 2.24) is 5.32 Å². The Morgan fingerprint density at radius 3 is 2.52 bits per heavy atom. The second-order valence-electron chi connectivity index (χ2n) is 5.16. The van der Waals surface area contributed by atoms with Gasteiger partial charge in [0.05, 0.1) is 36.6 Å². The number of aromatic hydroxyl groups is 1. The highest BCUT2D eigenvalue weighted by Gasteiger charge is 2.30. The first kappa shape index (κ1) is 16.3. The number of imide groups is 1. The van der Waals surface area contributed by atoms with Gasteiger partial charge in [-0.15, -0.1) is 0 Å². The predicted molar refractivity (Wildman–Crippen MR) is 87.4 cm³/mol. The van der Waals surface area contributed by atoms with E-state index in [9.17, 15) is 19.5 Å². The summed E-state index contributed by atoms with van der Waals surface area (Å²) in [5, 5.41) is 14.9. The first-order valence-corrected chi connectivity index (χ1v) is 7.22. The Balaban J connectivity index is 1.98. The second kappa shape index (κ2) is 6.16. The molecule has 2 aromatic rings. The monoisotopic (exact) mass is 342 g/mol. The van der Waals surface area contributed by atoms with Crippen LogP contribution >= 0.6 is 0 Å². The van der Waals surface area contributed by atoms with Crippen LogP contribution < -0.4 is 20.1 Å². The quantitative estimate of drug-likeness (QED) is 0.726. The zero-order valence-electron chi connectivity index (χ0n) is 13.4. The number of amides is 3. The highest BCUT2D eigenvalue weighted by Crippen LogP contribution is 2.39. The lowest BCUT2D eigenvalue weighted by atomic mass is 10.1. The van der Waals surface area contributed by atoms with Crippen molar-refractivity contribution in [2.75, 3.05) is 19.5 Å². The fourth-order valence-electron chi connectivity index (χ4n) is 2.61. The molecule has 2 aromatic carbocycles. The maximum absolute atomic E-state index is 12.5. The summed E-state index contributed by atoms with van der Waals surface area (Å²) >= 11 is 0. The summed E-state index contributed by atoms with van der Waals surface area (Å²) < 4.78 is 10.1. The Morgan fingerprint density at radius 2 is 1.84 bits per heavy atom. The van der Waals surface area contributed by atoms with E-state index in [2.05, 4.69) is 10.6 Å². The van der Waals surface area contributed by atoms with E-state index >= 15 is 0 Å². The van der Waals surface area contributed by atoms with Gasteiger partial charge in [0.25, 0.3) is 17.7 Å². The largest absolute Gasteiger partial charge is 0.504 e. The van der Waals surface area contributed by atoms with Crippen molar-refractivity contribution in [3.63, 3.8) is 0 Å². The van der Waals surface area contributed by atoms with Crippen molar-refractivity contribution in [3.05, 3.63) is 47.0 Å². The van der Waals surface area contributed by atoms with E-state index in [4.69, 9.17) is 9.47 Å². The third-order valence-corrected chi connectivity index (χ3v) is 3.78. The van der Waals surface area contributed by atoms with Crippen molar-refractivity contribution < 1.29 is 29.0 Å². The van der Waals surface area contributed by atoms with Crippen molar-refractivity contribution in [1.29, 1.82) is 0 Å². The van der Waals surface area contributed by atoms with Gasteiger partial charge in [0.2, 0.25) is 5.75 Å². The number of nitrogens with one attached hydrogen (secondary N) is 2. The highest BCUT2D eigenvalue weighted by atomic mass is 16.5. The molecule has 3 rings (SSSR count). The standard InChI is InChI=1S/C17H14N2O6/c1-24-11-7-6-9(13(20)14(11)25-2)16(22)18-10-5-3-4-8-12(10)17(23)19-15(8)21/h3-7,20H,1-2H3,(H,18,22)(H,19,21,23). The number of anilines is 1. The number of methoxy groups -OCH3 is 2. The topological polar surface area (TPSA) is 114 Å². The summed E-state index contributed by atoms with van der Waals surface area (Å²) in [7, 11) is 2.74. The second-order valence-corrected chi connectivity index (χ2v) is 5.16. The van der Waals surface area contributed by atoms with Crippen LogP contribution in [0, 0.1) is 0 Å². The molecule has 0 saturated carbocycles. The van der Waals surface area contributed by atoms with Crippen LogP contribution in [0.15, 0.2) is 30.3 Å². The van der Waals surface area contributed by atoms with E-state index in [0.717, 1.165) is 0 Å². The molecular weight excluding hydrogens is 328 g/mol. The molecule has 1 aliphatic heterocycles. The van der Waals surface area contributed by atoms with Gasteiger partial charge >= 0.3 is 0 Å². The van der Waals surface area contributed by atoms with Gasteiger partial charge in [0.15, 0.2) is 11.5 Å². The average Bonchev–Trinajstić information content (AvgIpc) is 2.89. The molecule has 0 aliphatic carbocycles. The lowest BCUT2D eigenvalue weighted by molar-refractivity contribution is 0.0879. The normalized spacial score (nSPS) is 12.4. The van der Waals surface area contributed by atoms with Crippen molar-refractivity contribution in [3.8, 4) is 17.2 Å². The summed E-state index contributed by atoms with van der Waals surface area (Å²) in [5.74, 6) is -1.90. The Labute approximate surface area is 142 Å². The maximum Gasteiger partial charge on any atom is 0.261 e. The SMILES string of the molecule is COc1ccc(C(=O)Nc2cccc3c2C(=O)NC3=O)c(O)c1OC. The molecule has 0 bridgehead atoms. The molecule has 8 heteroatoms. The van der Waals surface area contributed by atoms with E-state index in [1.165, 1.54) is 38.5 Å². The van der Waals surface area contributed by atoms with Gasteiger partial charge in [0.1, 0.15) is 0 Å². The zero-order valence-corrected chi connectivity index (χ0v) is 13.4. The summed E-state index contributed by atoms with van der Waals surface area (Å²) in [4.78, 5) is 36.1. The molecule has 1 heterocycles. The van der Waals surface area contributed by atoms with Crippen LogP contribution in [0.4, 0.5) is 5.69 Å². The van der Waals surface area contributed by atoms with Crippen LogP contribution in [-0.4, -0.2) is 37.0 Å². The Morgan fingerprint density at radius 1 is 1.08 bits per heavy atom. The van der Waals surface area contributed by atoms with Crippen LogP contribution in [0.5, 0.6) is 17.2 Å². The predicted octanol–water partition coefficient (Wildman–Crippen LogP) is 1.55. The number of carbonyl (C=O) groups is 3. The van der Waals surface area contributed by atoms with E-state index in [-0.39, 0.29) is 33.9 Å². The molecule has 25 heavy (non-hydrogen) atoms. The molecular formula is C17H14N2O6. The summed E-state index contributed by atoms with van der Waals surface area (Å²) in [6, 6.07) is 7.35. The number of hydrogen-bond donors (Lipinski definition) is 3. The summed E-state index contributed by atoms with van der Waals surface area (Å²) in [5.41, 5.74) is 0.361. The van der Waals surface area contributed by atoms with E-state index in [1.807, 2.05) is 0 Å². The smallest absolute Gasteiger partial charge is 0.261 e. The Kier molecular flexibility index (Phi) is 4.02. The minimum atomic E-state index is -0.668.